The summed E-state index contributed by atoms with van der Waals surface area (Å²) in [6.45, 7) is 3.51. The number of Topliss-reactive ketones (excluding diaryl/α,β-unsaturated/α-hetero) is 1. The Labute approximate surface area is 112 Å². The summed E-state index contributed by atoms with van der Waals surface area (Å²) in [4.78, 5) is 16.6. The summed E-state index contributed by atoms with van der Waals surface area (Å²) >= 11 is 0. The van der Waals surface area contributed by atoms with Gasteiger partial charge in [0.25, 0.3) is 0 Å². The van der Waals surface area contributed by atoms with E-state index in [1.54, 1.807) is 19.9 Å². The molecule has 0 spiro atoms. The van der Waals surface area contributed by atoms with Gasteiger partial charge in [-0.1, -0.05) is 18.2 Å². The topological polar surface area (TPSA) is 58.7 Å². The molecule has 2 aromatic rings. The van der Waals surface area contributed by atoms with E-state index in [0.717, 1.165) is 11.0 Å². The number of allylic oxidation sites excluding steroid dienone is 2. The zero-order chi connectivity index (χ0) is 14.0. The van der Waals surface area contributed by atoms with Crippen LogP contribution in [-0.4, -0.2) is 15.3 Å². The summed E-state index contributed by atoms with van der Waals surface area (Å²) in [6, 6.07) is 9.66. The highest BCUT2D eigenvalue weighted by Crippen LogP contribution is 2.23. The Morgan fingerprint density at radius 3 is 2.74 bits per heavy atom. The predicted octanol–water partition coefficient (Wildman–Crippen LogP) is 2.72. The van der Waals surface area contributed by atoms with Crippen molar-refractivity contribution in [2.75, 3.05) is 0 Å². The molecule has 0 saturated heterocycles. The van der Waals surface area contributed by atoms with Gasteiger partial charge < -0.3 is 4.57 Å². The van der Waals surface area contributed by atoms with Crippen molar-refractivity contribution < 1.29 is 4.79 Å². The Balaban J connectivity index is 2.57. The zero-order valence-electron chi connectivity index (χ0n) is 11.2. The molecule has 1 heterocycles. The Morgan fingerprint density at radius 1 is 1.47 bits per heavy atom. The van der Waals surface area contributed by atoms with Crippen molar-refractivity contribution in [1.82, 2.24) is 9.55 Å². The van der Waals surface area contributed by atoms with Crippen LogP contribution in [0.5, 0.6) is 0 Å². The van der Waals surface area contributed by atoms with Crippen molar-refractivity contribution >= 4 is 16.8 Å². The summed E-state index contributed by atoms with van der Waals surface area (Å²) in [5.74, 6) is -0.549. The summed E-state index contributed by atoms with van der Waals surface area (Å²) in [5, 5.41) is 9.29. The second-order valence-corrected chi connectivity index (χ2v) is 4.42. The maximum absolute atomic E-state index is 12.2. The Kier molecular flexibility index (Phi) is 3.48. The summed E-state index contributed by atoms with van der Waals surface area (Å²) in [6.07, 6.45) is 1.72. The van der Waals surface area contributed by atoms with Gasteiger partial charge in [0.05, 0.1) is 17.1 Å². The van der Waals surface area contributed by atoms with Crippen LogP contribution in [0.25, 0.3) is 11.0 Å². The molecule has 96 valence electrons. The van der Waals surface area contributed by atoms with Gasteiger partial charge in [-0.05, 0) is 31.6 Å². The SMILES string of the molecule is CC=C(C)C(=O)C(C#N)c1nc2ccccc2n1C. The molecular weight excluding hydrogens is 238 g/mol. The van der Waals surface area contributed by atoms with Gasteiger partial charge in [-0.3, -0.25) is 4.79 Å². The first-order valence-corrected chi connectivity index (χ1v) is 6.08. The lowest BCUT2D eigenvalue weighted by Gasteiger charge is -2.08. The second kappa shape index (κ2) is 5.07. The lowest BCUT2D eigenvalue weighted by atomic mass is 9.99. The monoisotopic (exact) mass is 253 g/mol. The molecule has 0 radical (unpaired) electrons. The molecule has 0 amide bonds. The van der Waals surface area contributed by atoms with E-state index < -0.39 is 5.92 Å². The maximum atomic E-state index is 12.2. The third kappa shape index (κ3) is 2.15. The Hall–Kier alpha value is -2.41. The zero-order valence-corrected chi connectivity index (χ0v) is 11.2. The standard InChI is InChI=1S/C15H15N3O/c1-4-10(2)14(19)11(9-16)15-17-12-7-5-6-8-13(12)18(15)3/h4-8,11H,1-3H3. The van der Waals surface area contributed by atoms with Crippen LogP contribution in [0.3, 0.4) is 0 Å². The molecule has 1 unspecified atom stereocenters. The van der Waals surface area contributed by atoms with Crippen LogP contribution in [-0.2, 0) is 11.8 Å². The number of carbonyl (C=O) groups is 1. The molecule has 4 nitrogen and oxygen atoms in total. The summed E-state index contributed by atoms with van der Waals surface area (Å²) in [5.41, 5.74) is 2.30. The molecule has 0 saturated carbocycles. The van der Waals surface area contributed by atoms with E-state index in [9.17, 15) is 10.1 Å². The molecule has 0 N–H and O–H groups in total. The highest BCUT2D eigenvalue weighted by atomic mass is 16.1. The van der Waals surface area contributed by atoms with E-state index in [1.165, 1.54) is 0 Å². The van der Waals surface area contributed by atoms with Crippen LogP contribution in [0, 0.1) is 11.3 Å². The molecule has 0 aliphatic carbocycles. The average Bonchev–Trinajstić information content (AvgIpc) is 2.76. The Morgan fingerprint density at radius 2 is 2.16 bits per heavy atom. The number of hydrogen-bond acceptors (Lipinski definition) is 3. The fourth-order valence-electron chi connectivity index (χ4n) is 2.03. The molecule has 1 atom stereocenters. The molecule has 1 aromatic heterocycles. The number of carbonyl (C=O) groups excluding carboxylic acids is 1. The normalized spacial score (nSPS) is 13.3. The van der Waals surface area contributed by atoms with Crippen LogP contribution in [0.2, 0.25) is 0 Å². The quantitative estimate of drug-likeness (QED) is 0.790. The molecule has 0 bridgehead atoms. The largest absolute Gasteiger partial charge is 0.330 e. The lowest BCUT2D eigenvalue weighted by molar-refractivity contribution is -0.116. The number of aromatic nitrogens is 2. The maximum Gasteiger partial charge on any atom is 0.183 e. The van der Waals surface area contributed by atoms with Crippen molar-refractivity contribution in [3.05, 3.63) is 41.7 Å². The van der Waals surface area contributed by atoms with Crippen LogP contribution < -0.4 is 0 Å². The van der Waals surface area contributed by atoms with E-state index in [1.807, 2.05) is 35.9 Å². The number of imidazole rings is 1. The van der Waals surface area contributed by atoms with Crippen LogP contribution in [0.4, 0.5) is 0 Å². The number of rotatable bonds is 3. The molecular formula is C15H15N3O. The minimum absolute atomic E-state index is 0.191. The highest BCUT2D eigenvalue weighted by Gasteiger charge is 2.26. The van der Waals surface area contributed by atoms with Crippen molar-refractivity contribution in [3.63, 3.8) is 0 Å². The second-order valence-electron chi connectivity index (χ2n) is 4.42. The summed E-state index contributed by atoms with van der Waals surface area (Å²) in [7, 11) is 1.83. The minimum Gasteiger partial charge on any atom is -0.330 e. The highest BCUT2D eigenvalue weighted by molar-refractivity contribution is 6.01. The molecule has 1 aromatic carbocycles. The average molecular weight is 253 g/mol. The molecule has 0 aliphatic rings. The van der Waals surface area contributed by atoms with E-state index in [4.69, 9.17) is 0 Å². The van der Waals surface area contributed by atoms with Gasteiger partial charge in [-0.15, -0.1) is 0 Å². The number of hydrogen-bond donors (Lipinski definition) is 0. The third-order valence-electron chi connectivity index (χ3n) is 3.29. The smallest absolute Gasteiger partial charge is 0.183 e. The van der Waals surface area contributed by atoms with Crippen LogP contribution in [0.15, 0.2) is 35.9 Å². The van der Waals surface area contributed by atoms with Gasteiger partial charge in [0, 0.05) is 7.05 Å². The third-order valence-corrected chi connectivity index (χ3v) is 3.29. The van der Waals surface area contributed by atoms with E-state index in [-0.39, 0.29) is 5.78 Å². The van der Waals surface area contributed by atoms with Crippen LogP contribution >= 0.6 is 0 Å². The number of nitrogens with zero attached hydrogens (tertiary/aromatic N) is 3. The Bertz CT molecular complexity index is 704. The van der Waals surface area contributed by atoms with Crippen molar-refractivity contribution in [1.29, 1.82) is 5.26 Å². The van der Waals surface area contributed by atoms with Gasteiger partial charge in [0.2, 0.25) is 0 Å². The van der Waals surface area contributed by atoms with Crippen molar-refractivity contribution in [2.45, 2.75) is 19.8 Å². The first-order valence-electron chi connectivity index (χ1n) is 6.08. The number of aryl methyl sites for hydroxylation is 1. The molecule has 0 fully saturated rings. The molecule has 0 aliphatic heterocycles. The number of nitriles is 1. The van der Waals surface area contributed by atoms with Gasteiger partial charge in [0.15, 0.2) is 11.7 Å². The van der Waals surface area contributed by atoms with Crippen LogP contribution in [0.1, 0.15) is 25.6 Å². The van der Waals surface area contributed by atoms with Crippen molar-refractivity contribution in [3.8, 4) is 6.07 Å². The van der Waals surface area contributed by atoms with Gasteiger partial charge in [-0.25, -0.2) is 4.98 Å². The van der Waals surface area contributed by atoms with Gasteiger partial charge in [-0.2, -0.15) is 5.26 Å². The fraction of sp³-hybridized carbons (Fsp3) is 0.267. The van der Waals surface area contributed by atoms with Crippen molar-refractivity contribution in [2.24, 2.45) is 7.05 Å². The number of ketones is 1. The molecule has 4 heteroatoms. The number of benzene rings is 1. The van der Waals surface area contributed by atoms with Gasteiger partial charge >= 0.3 is 0 Å². The van der Waals surface area contributed by atoms with E-state index in [2.05, 4.69) is 11.1 Å². The molecule has 2 rings (SSSR count). The fourth-order valence-corrected chi connectivity index (χ4v) is 2.03. The van der Waals surface area contributed by atoms with E-state index >= 15 is 0 Å². The first-order chi connectivity index (χ1) is 9.10. The summed E-state index contributed by atoms with van der Waals surface area (Å²) < 4.78 is 1.81. The number of fused-ring (bicyclic) bond motifs is 1. The van der Waals surface area contributed by atoms with E-state index in [0.29, 0.717) is 11.4 Å². The van der Waals surface area contributed by atoms with Gasteiger partial charge in [0.1, 0.15) is 5.82 Å². The first kappa shape index (κ1) is 13.0. The molecule has 19 heavy (non-hydrogen) atoms. The lowest BCUT2D eigenvalue weighted by Crippen LogP contribution is -2.16. The predicted molar refractivity (Wildman–Crippen MR) is 73.5 cm³/mol. The minimum atomic E-state index is -0.853. The number of para-hydroxylation sites is 2.